The number of likely N-dealkylation sites (N-methyl/N-ethyl adjacent to an activating group) is 1. The van der Waals surface area contributed by atoms with E-state index in [0.717, 1.165) is 61.3 Å². The molecule has 236 valence electrons. The summed E-state index contributed by atoms with van der Waals surface area (Å²) in [4.78, 5) is 13.6. The summed E-state index contributed by atoms with van der Waals surface area (Å²) in [6, 6.07) is 14.7. The Balaban J connectivity index is 1.74. The van der Waals surface area contributed by atoms with Gasteiger partial charge in [-0.25, -0.2) is 9.18 Å². The van der Waals surface area contributed by atoms with E-state index in [-0.39, 0.29) is 17.8 Å². The van der Waals surface area contributed by atoms with Gasteiger partial charge in [0.15, 0.2) is 0 Å². The van der Waals surface area contributed by atoms with Gasteiger partial charge in [0.1, 0.15) is 23.2 Å². The van der Waals surface area contributed by atoms with Crippen molar-refractivity contribution in [1.82, 2.24) is 0 Å². The molecule has 6 heteroatoms. The average molecular weight is 621 g/mol. The Hall–Kier alpha value is -3.15. The minimum atomic E-state index is -0.608. The highest BCUT2D eigenvalue weighted by atomic mass is 35.5. The SMILES string of the molecule is CC/C(C(=O)OC(C)(C)C)=C(/CCCOc1cccc2cc(F)ccc12)c1ccc(Cl)c(C2=C(C)CC[N+](C)(C)C2C)c1C. The summed E-state index contributed by atoms with van der Waals surface area (Å²) in [6.07, 6.45) is 2.86. The van der Waals surface area contributed by atoms with Crippen LogP contribution < -0.4 is 4.74 Å². The zero-order chi connectivity index (χ0) is 32.4. The largest absolute Gasteiger partial charge is 0.493 e. The topological polar surface area (TPSA) is 35.5 Å². The zero-order valence-corrected chi connectivity index (χ0v) is 28.6. The minimum absolute atomic E-state index is 0.271. The molecule has 0 amide bonds. The Bertz CT molecular complexity index is 1610. The van der Waals surface area contributed by atoms with Crippen molar-refractivity contribution < 1.29 is 23.1 Å². The molecular formula is C38H48ClFNO3+. The number of allylic oxidation sites excluding steroid dienone is 1. The molecule has 3 aromatic carbocycles. The summed E-state index contributed by atoms with van der Waals surface area (Å²) in [7, 11) is 4.55. The Labute approximate surface area is 268 Å². The molecule has 0 saturated carbocycles. The van der Waals surface area contributed by atoms with Gasteiger partial charge in [0, 0.05) is 33.5 Å². The van der Waals surface area contributed by atoms with Crippen molar-refractivity contribution >= 4 is 39.5 Å². The van der Waals surface area contributed by atoms with Gasteiger partial charge in [0.2, 0.25) is 0 Å². The third-order valence-corrected chi connectivity index (χ3v) is 9.31. The summed E-state index contributed by atoms with van der Waals surface area (Å²) in [5.41, 5.74) is 6.90. The number of nitrogens with zero attached hydrogens (tertiary/aromatic N) is 1. The van der Waals surface area contributed by atoms with Gasteiger partial charge < -0.3 is 14.0 Å². The summed E-state index contributed by atoms with van der Waals surface area (Å²) < 4.78 is 26.8. The molecule has 0 aromatic heterocycles. The molecule has 4 nitrogen and oxygen atoms in total. The molecule has 1 unspecified atom stereocenters. The van der Waals surface area contributed by atoms with Crippen molar-refractivity contribution in [3.05, 3.63) is 87.2 Å². The summed E-state index contributed by atoms with van der Waals surface area (Å²) in [6.45, 7) is 15.9. The molecular weight excluding hydrogens is 573 g/mol. The fraction of sp³-hybridized carbons (Fsp3) is 0.447. The van der Waals surface area contributed by atoms with Gasteiger partial charge in [-0.05, 0) is 113 Å². The van der Waals surface area contributed by atoms with Crippen LogP contribution in [0.1, 0.15) is 83.9 Å². The molecule has 0 radical (unpaired) electrons. The van der Waals surface area contributed by atoms with Crippen LogP contribution in [0.2, 0.25) is 5.02 Å². The number of fused-ring (bicyclic) bond motifs is 1. The highest BCUT2D eigenvalue weighted by molar-refractivity contribution is 6.32. The number of carbonyl (C=O) groups excluding carboxylic acids is 1. The average Bonchev–Trinajstić information content (AvgIpc) is 2.93. The number of hydrogen-bond acceptors (Lipinski definition) is 3. The van der Waals surface area contributed by atoms with Crippen molar-refractivity contribution in [3.63, 3.8) is 0 Å². The first-order valence-corrected chi connectivity index (χ1v) is 16.1. The Morgan fingerprint density at radius 1 is 1.09 bits per heavy atom. The molecule has 3 aromatic rings. The van der Waals surface area contributed by atoms with Gasteiger partial charge in [-0.1, -0.05) is 42.3 Å². The van der Waals surface area contributed by atoms with E-state index in [1.165, 1.54) is 23.3 Å². The first kappa shape index (κ1) is 33.7. The van der Waals surface area contributed by atoms with Crippen LogP contribution in [0.25, 0.3) is 21.9 Å². The van der Waals surface area contributed by atoms with Crippen LogP contribution >= 0.6 is 11.6 Å². The maximum Gasteiger partial charge on any atom is 0.334 e. The Morgan fingerprint density at radius 2 is 1.82 bits per heavy atom. The number of rotatable bonds is 9. The first-order valence-electron chi connectivity index (χ1n) is 15.7. The van der Waals surface area contributed by atoms with Crippen LogP contribution in [0.5, 0.6) is 5.75 Å². The fourth-order valence-corrected chi connectivity index (χ4v) is 6.61. The fourth-order valence-electron chi connectivity index (χ4n) is 6.30. The third-order valence-electron chi connectivity index (χ3n) is 8.99. The van der Waals surface area contributed by atoms with Crippen molar-refractivity contribution in [1.29, 1.82) is 0 Å². The zero-order valence-electron chi connectivity index (χ0n) is 27.9. The van der Waals surface area contributed by atoms with E-state index in [4.69, 9.17) is 21.1 Å². The highest BCUT2D eigenvalue weighted by Crippen LogP contribution is 2.42. The quantitative estimate of drug-likeness (QED) is 0.103. The predicted molar refractivity (Wildman–Crippen MR) is 182 cm³/mol. The molecule has 0 bridgehead atoms. The predicted octanol–water partition coefficient (Wildman–Crippen LogP) is 9.95. The number of halogens is 2. The molecule has 44 heavy (non-hydrogen) atoms. The van der Waals surface area contributed by atoms with Gasteiger partial charge in [0.05, 0.1) is 27.2 Å². The summed E-state index contributed by atoms with van der Waals surface area (Å²) >= 11 is 6.99. The molecule has 0 aliphatic carbocycles. The molecule has 0 N–H and O–H groups in total. The van der Waals surface area contributed by atoms with Crippen molar-refractivity contribution in [2.75, 3.05) is 27.2 Å². The summed E-state index contributed by atoms with van der Waals surface area (Å²) in [5.74, 6) is 0.157. The molecule has 1 aliphatic heterocycles. The lowest BCUT2D eigenvalue weighted by molar-refractivity contribution is -0.905. The lowest BCUT2D eigenvalue weighted by Gasteiger charge is -2.42. The monoisotopic (exact) mass is 620 g/mol. The second kappa shape index (κ2) is 13.5. The van der Waals surface area contributed by atoms with Gasteiger partial charge in [-0.2, -0.15) is 0 Å². The normalized spacial score (nSPS) is 17.5. The van der Waals surface area contributed by atoms with Crippen LogP contribution in [0.4, 0.5) is 4.39 Å². The Kier molecular flexibility index (Phi) is 10.3. The minimum Gasteiger partial charge on any atom is -0.493 e. The number of hydrogen-bond donors (Lipinski definition) is 0. The Morgan fingerprint density at radius 3 is 2.50 bits per heavy atom. The van der Waals surface area contributed by atoms with E-state index in [1.54, 1.807) is 6.07 Å². The van der Waals surface area contributed by atoms with E-state index < -0.39 is 5.60 Å². The molecule has 1 atom stereocenters. The van der Waals surface area contributed by atoms with Crippen molar-refractivity contribution in [2.45, 2.75) is 85.8 Å². The third kappa shape index (κ3) is 7.38. The molecule has 1 heterocycles. The standard InChI is InChI=1S/C38H48ClFNO3/c1-10-29(37(42)44-38(5,6)7)32(14-12-22-43-34-15-11-13-27-23-28(40)16-17-31(27)34)30-18-19-33(39)36(25(30)3)35-24(2)20-21-41(8,9)26(35)4/h11,13,15-19,23,26H,10,12,14,20-22H2,1-9H3/q+1/b32-29+. The lowest BCUT2D eigenvalue weighted by atomic mass is 9.82. The van der Waals surface area contributed by atoms with Crippen LogP contribution in [-0.2, 0) is 9.53 Å². The van der Waals surface area contributed by atoms with E-state index in [1.807, 2.05) is 52.0 Å². The van der Waals surface area contributed by atoms with Crippen LogP contribution in [0.15, 0.2) is 59.7 Å². The molecule has 0 fully saturated rings. The van der Waals surface area contributed by atoms with Crippen molar-refractivity contribution in [3.8, 4) is 5.75 Å². The number of carbonyl (C=O) groups is 1. The van der Waals surface area contributed by atoms with Crippen LogP contribution in [0.3, 0.4) is 0 Å². The van der Waals surface area contributed by atoms with Gasteiger partial charge in [0.25, 0.3) is 0 Å². The van der Waals surface area contributed by atoms with E-state index >= 15 is 0 Å². The molecule has 4 rings (SSSR count). The van der Waals surface area contributed by atoms with Gasteiger partial charge >= 0.3 is 5.97 Å². The van der Waals surface area contributed by atoms with Crippen LogP contribution in [0, 0.1) is 12.7 Å². The van der Waals surface area contributed by atoms with E-state index in [0.29, 0.717) is 31.4 Å². The van der Waals surface area contributed by atoms with E-state index in [9.17, 15) is 9.18 Å². The lowest BCUT2D eigenvalue weighted by Crippen LogP contribution is -2.51. The maximum absolute atomic E-state index is 13.8. The van der Waals surface area contributed by atoms with Crippen molar-refractivity contribution in [2.24, 2.45) is 0 Å². The number of esters is 1. The molecule has 0 spiro atoms. The molecule has 0 saturated heterocycles. The number of quaternary nitrogens is 1. The summed E-state index contributed by atoms with van der Waals surface area (Å²) in [5, 5.41) is 2.41. The van der Waals surface area contributed by atoms with Gasteiger partial charge in [-0.15, -0.1) is 0 Å². The van der Waals surface area contributed by atoms with Gasteiger partial charge in [-0.3, -0.25) is 0 Å². The van der Waals surface area contributed by atoms with Crippen LogP contribution in [-0.4, -0.2) is 49.3 Å². The first-order chi connectivity index (χ1) is 20.6. The molecule has 1 aliphatic rings. The number of ether oxygens (including phenoxy) is 2. The highest BCUT2D eigenvalue weighted by Gasteiger charge is 2.35. The number of benzene rings is 3. The van der Waals surface area contributed by atoms with E-state index in [2.05, 4.69) is 40.9 Å². The second-order valence-electron chi connectivity index (χ2n) is 13.6. The second-order valence-corrected chi connectivity index (χ2v) is 14.0. The smallest absolute Gasteiger partial charge is 0.334 e. The maximum atomic E-state index is 13.8.